The van der Waals surface area contributed by atoms with Gasteiger partial charge in [-0.1, -0.05) is 0 Å². The lowest BCUT2D eigenvalue weighted by atomic mass is 10.1. The summed E-state index contributed by atoms with van der Waals surface area (Å²) in [5.41, 5.74) is 16.1. The van der Waals surface area contributed by atoms with E-state index in [2.05, 4.69) is 25.9 Å². The number of primary amides is 2. The van der Waals surface area contributed by atoms with Gasteiger partial charge in [0.1, 0.15) is 18.1 Å². The summed E-state index contributed by atoms with van der Waals surface area (Å²) in [5, 5.41) is 24.7. The monoisotopic (exact) mass is 512 g/mol. The largest absolute Gasteiger partial charge is 0.481 e. The van der Waals surface area contributed by atoms with Crippen molar-refractivity contribution in [1.82, 2.24) is 25.9 Å². The highest BCUT2D eigenvalue weighted by molar-refractivity contribution is 5.96. The zero-order chi connectivity index (χ0) is 27.4. The first kappa shape index (κ1) is 29.5. The Balaban J connectivity index is 3.02. The third kappa shape index (κ3) is 10.6. The number of amides is 5. The fourth-order valence-corrected chi connectivity index (χ4v) is 2.89. The number of aromatic amines is 1. The van der Waals surface area contributed by atoms with Crippen LogP contribution < -0.4 is 33.2 Å². The van der Waals surface area contributed by atoms with Gasteiger partial charge in [0.2, 0.25) is 29.5 Å². The van der Waals surface area contributed by atoms with Crippen molar-refractivity contribution in [3.8, 4) is 0 Å². The molecule has 12 N–H and O–H groups in total. The summed E-state index contributed by atoms with van der Waals surface area (Å²) in [6.45, 7) is 0. The van der Waals surface area contributed by atoms with E-state index in [4.69, 9.17) is 22.3 Å². The molecule has 198 valence electrons. The van der Waals surface area contributed by atoms with Gasteiger partial charge in [-0.05, 0) is 6.42 Å². The molecule has 0 aromatic carbocycles. The van der Waals surface area contributed by atoms with Gasteiger partial charge in [0.15, 0.2) is 0 Å². The molecule has 0 aliphatic carbocycles. The second-order valence-electron chi connectivity index (χ2n) is 7.68. The van der Waals surface area contributed by atoms with Crippen molar-refractivity contribution in [2.24, 2.45) is 17.2 Å². The molecule has 1 rings (SSSR count). The van der Waals surface area contributed by atoms with Crippen LogP contribution in [0.15, 0.2) is 12.5 Å². The molecule has 0 saturated heterocycles. The number of rotatable bonds is 16. The van der Waals surface area contributed by atoms with Gasteiger partial charge in [-0.3, -0.25) is 28.8 Å². The minimum atomic E-state index is -1.65. The quantitative estimate of drug-likeness (QED) is 0.101. The summed E-state index contributed by atoms with van der Waals surface area (Å²) in [4.78, 5) is 89.1. The molecule has 0 saturated carbocycles. The van der Waals surface area contributed by atoms with Crippen LogP contribution in [0.25, 0.3) is 0 Å². The van der Waals surface area contributed by atoms with Gasteiger partial charge in [0, 0.05) is 24.7 Å². The van der Waals surface area contributed by atoms with Crippen LogP contribution in [0.5, 0.6) is 0 Å². The summed E-state index contributed by atoms with van der Waals surface area (Å²) in [6.07, 6.45) is 0.218. The van der Waals surface area contributed by atoms with Gasteiger partial charge in [0.05, 0.1) is 25.2 Å². The third-order valence-corrected chi connectivity index (χ3v) is 4.68. The van der Waals surface area contributed by atoms with Gasteiger partial charge >= 0.3 is 11.9 Å². The molecule has 0 fully saturated rings. The summed E-state index contributed by atoms with van der Waals surface area (Å²) < 4.78 is 0. The molecule has 4 atom stereocenters. The normalized spacial score (nSPS) is 13.9. The van der Waals surface area contributed by atoms with Gasteiger partial charge in [0.25, 0.3) is 0 Å². The molecule has 36 heavy (non-hydrogen) atoms. The Morgan fingerprint density at radius 2 is 1.44 bits per heavy atom. The van der Waals surface area contributed by atoms with E-state index < -0.39 is 78.5 Å². The molecule has 0 bridgehead atoms. The van der Waals surface area contributed by atoms with Crippen molar-refractivity contribution in [3.63, 3.8) is 0 Å². The van der Waals surface area contributed by atoms with Crippen molar-refractivity contribution in [2.75, 3.05) is 0 Å². The van der Waals surface area contributed by atoms with Crippen LogP contribution in [0.4, 0.5) is 0 Å². The first-order valence-electron chi connectivity index (χ1n) is 10.4. The number of H-pyrrole nitrogens is 1. The molecule has 0 aliphatic heterocycles. The fourth-order valence-electron chi connectivity index (χ4n) is 2.89. The smallest absolute Gasteiger partial charge is 0.326 e. The molecule has 1 aromatic heterocycles. The number of carbonyl (C=O) groups excluding carboxylic acids is 5. The Bertz CT molecular complexity index is 982. The number of nitrogens with one attached hydrogen (secondary N) is 4. The van der Waals surface area contributed by atoms with E-state index in [9.17, 15) is 38.7 Å². The van der Waals surface area contributed by atoms with Crippen molar-refractivity contribution in [3.05, 3.63) is 18.2 Å². The topological polar surface area (TPSA) is 303 Å². The number of aromatic nitrogens is 2. The average Bonchev–Trinajstić information content (AvgIpc) is 3.27. The average molecular weight is 512 g/mol. The van der Waals surface area contributed by atoms with E-state index in [0.29, 0.717) is 5.69 Å². The lowest BCUT2D eigenvalue weighted by Crippen LogP contribution is -2.58. The Morgan fingerprint density at radius 3 is 1.94 bits per heavy atom. The molecular formula is C19H28N8O9. The SMILES string of the molecule is NC(=O)CCC(NC(=O)C(N)CC(=O)O)C(=O)NC(CC(N)=O)C(=O)NC(Cc1cnc[nH]1)C(=O)O. The maximum Gasteiger partial charge on any atom is 0.326 e. The Hall–Kier alpha value is -4.54. The highest BCUT2D eigenvalue weighted by atomic mass is 16.4. The van der Waals surface area contributed by atoms with Gasteiger partial charge < -0.3 is 48.3 Å². The number of hydrogen-bond donors (Lipinski definition) is 9. The number of carbonyl (C=O) groups is 7. The van der Waals surface area contributed by atoms with E-state index in [0.717, 1.165) is 0 Å². The van der Waals surface area contributed by atoms with Crippen LogP contribution in [0, 0.1) is 0 Å². The van der Waals surface area contributed by atoms with E-state index in [1.54, 1.807) is 0 Å². The number of hydrogen-bond acceptors (Lipinski definition) is 9. The number of nitrogens with two attached hydrogens (primary N) is 3. The molecule has 0 aliphatic rings. The molecule has 4 unspecified atom stereocenters. The second kappa shape index (κ2) is 14.0. The van der Waals surface area contributed by atoms with Crippen LogP contribution >= 0.6 is 0 Å². The molecule has 17 heteroatoms. The number of carboxylic acids is 2. The molecular weight excluding hydrogens is 484 g/mol. The highest BCUT2D eigenvalue weighted by Crippen LogP contribution is 2.04. The summed E-state index contributed by atoms with van der Waals surface area (Å²) in [6, 6.07) is -6.16. The van der Waals surface area contributed by atoms with Crippen LogP contribution in [0.1, 0.15) is 31.4 Å². The highest BCUT2D eigenvalue weighted by Gasteiger charge is 2.32. The number of nitrogens with zero attached hydrogens (tertiary/aromatic N) is 1. The molecule has 5 amide bonds. The van der Waals surface area contributed by atoms with E-state index in [1.807, 2.05) is 0 Å². The van der Waals surface area contributed by atoms with Gasteiger partial charge in [-0.2, -0.15) is 0 Å². The molecule has 0 radical (unpaired) electrons. The fraction of sp³-hybridized carbons (Fsp3) is 0.474. The lowest BCUT2D eigenvalue weighted by molar-refractivity contribution is -0.142. The predicted molar refractivity (Wildman–Crippen MR) is 118 cm³/mol. The standard InChI is InChI=1S/C19H28N8O9/c20-9(4-15(30)31)16(32)25-10(1-2-13(21)28)17(33)26-11(5-14(22)29)18(34)27-12(19(35)36)3-8-6-23-7-24-8/h6-7,9-12H,1-5,20H2,(H2,21,28)(H2,22,29)(H,23,24)(H,25,32)(H,26,33)(H,27,34)(H,30,31)(H,35,36). The van der Waals surface area contributed by atoms with Crippen LogP contribution in [-0.2, 0) is 40.0 Å². The summed E-state index contributed by atoms with van der Waals surface area (Å²) in [7, 11) is 0. The number of carboxylic acid groups (broad SMARTS) is 2. The predicted octanol–water partition coefficient (Wildman–Crippen LogP) is -4.57. The lowest BCUT2D eigenvalue weighted by Gasteiger charge is -2.24. The third-order valence-electron chi connectivity index (χ3n) is 4.68. The molecule has 17 nitrogen and oxygen atoms in total. The van der Waals surface area contributed by atoms with E-state index >= 15 is 0 Å². The number of imidazole rings is 1. The zero-order valence-corrected chi connectivity index (χ0v) is 18.9. The van der Waals surface area contributed by atoms with E-state index in [-0.39, 0.29) is 19.3 Å². The Labute approximate surface area is 203 Å². The molecule has 1 heterocycles. The maximum atomic E-state index is 12.8. The molecule has 0 spiro atoms. The van der Waals surface area contributed by atoms with Crippen LogP contribution in [0.3, 0.4) is 0 Å². The van der Waals surface area contributed by atoms with Gasteiger partial charge in [-0.25, -0.2) is 9.78 Å². The van der Waals surface area contributed by atoms with Crippen molar-refractivity contribution in [1.29, 1.82) is 0 Å². The first-order chi connectivity index (χ1) is 16.8. The van der Waals surface area contributed by atoms with Crippen molar-refractivity contribution in [2.45, 2.75) is 56.3 Å². The minimum Gasteiger partial charge on any atom is -0.481 e. The minimum absolute atomic E-state index is 0.197. The van der Waals surface area contributed by atoms with E-state index in [1.165, 1.54) is 12.5 Å². The Morgan fingerprint density at radius 1 is 0.861 bits per heavy atom. The van der Waals surface area contributed by atoms with Crippen LogP contribution in [-0.4, -0.2) is 85.8 Å². The van der Waals surface area contributed by atoms with Gasteiger partial charge in [-0.15, -0.1) is 0 Å². The summed E-state index contributed by atoms with van der Waals surface area (Å²) >= 11 is 0. The van der Waals surface area contributed by atoms with Crippen molar-refractivity contribution >= 4 is 41.5 Å². The number of aliphatic carboxylic acids is 2. The second-order valence-corrected chi connectivity index (χ2v) is 7.68. The maximum absolute atomic E-state index is 12.8. The first-order valence-corrected chi connectivity index (χ1v) is 10.4. The Kier molecular flexibility index (Phi) is 11.5. The molecule has 1 aromatic rings. The van der Waals surface area contributed by atoms with Crippen LogP contribution in [0.2, 0.25) is 0 Å². The van der Waals surface area contributed by atoms with Crippen molar-refractivity contribution < 1.29 is 43.8 Å². The summed E-state index contributed by atoms with van der Waals surface area (Å²) in [5.74, 6) is -7.81. The zero-order valence-electron chi connectivity index (χ0n) is 18.9.